The molecule has 1 saturated heterocycles. The molecule has 6 atom stereocenters. The van der Waals surface area contributed by atoms with Gasteiger partial charge in [-0.2, -0.15) is 0 Å². The fraction of sp³-hybridized carbons (Fsp3) is 0.850. The molecule has 0 aromatic carbocycles. The summed E-state index contributed by atoms with van der Waals surface area (Å²) in [5, 5.41) is 0. The Hall–Kier alpha value is -0.790. The standard InChI is InChI=1S/C20H32O2/c1-8-13(4)18(7)9-10-20(14(5)12(2)3)17-16(22-20)11-19(17,18)15(6)21/h11-14,17H,8-10H2,1-7H3. The van der Waals surface area contributed by atoms with Crippen LogP contribution in [0, 0.1) is 34.5 Å². The van der Waals surface area contributed by atoms with Gasteiger partial charge in [-0.25, -0.2) is 0 Å². The minimum atomic E-state index is -0.280. The predicted molar refractivity (Wildman–Crippen MR) is 89.3 cm³/mol. The van der Waals surface area contributed by atoms with Gasteiger partial charge in [-0.3, -0.25) is 4.79 Å². The van der Waals surface area contributed by atoms with Crippen molar-refractivity contribution in [1.82, 2.24) is 0 Å². The van der Waals surface area contributed by atoms with Gasteiger partial charge in [0.05, 0.1) is 11.3 Å². The summed E-state index contributed by atoms with van der Waals surface area (Å²) < 4.78 is 6.31. The summed E-state index contributed by atoms with van der Waals surface area (Å²) in [6.07, 6.45) is 5.52. The molecule has 0 bridgehead atoms. The van der Waals surface area contributed by atoms with E-state index in [1.807, 2.05) is 6.92 Å². The van der Waals surface area contributed by atoms with Crippen LogP contribution < -0.4 is 0 Å². The average Bonchev–Trinajstić information content (AvgIpc) is 2.43. The van der Waals surface area contributed by atoms with Crippen molar-refractivity contribution < 1.29 is 9.53 Å². The third kappa shape index (κ3) is 1.50. The molecule has 2 nitrogen and oxygen atoms in total. The number of carbonyl (C=O) groups excluding carboxylic acids is 1. The van der Waals surface area contributed by atoms with Crippen LogP contribution in [0.3, 0.4) is 0 Å². The second-order valence-electron chi connectivity index (χ2n) is 8.72. The van der Waals surface area contributed by atoms with Crippen LogP contribution in [0.25, 0.3) is 0 Å². The Bertz CT molecular complexity index is 534. The summed E-state index contributed by atoms with van der Waals surface area (Å²) in [4.78, 5) is 12.8. The smallest absolute Gasteiger partial charge is 0.141 e. The van der Waals surface area contributed by atoms with Gasteiger partial charge in [0.1, 0.15) is 17.1 Å². The lowest BCUT2D eigenvalue weighted by atomic mass is 9.35. The Morgan fingerprint density at radius 1 is 1.32 bits per heavy atom. The molecule has 22 heavy (non-hydrogen) atoms. The largest absolute Gasteiger partial charge is 0.490 e. The molecule has 2 aliphatic carbocycles. The minimum Gasteiger partial charge on any atom is -0.490 e. The van der Waals surface area contributed by atoms with Gasteiger partial charge >= 0.3 is 0 Å². The molecule has 124 valence electrons. The van der Waals surface area contributed by atoms with Crippen molar-refractivity contribution in [2.75, 3.05) is 0 Å². The second-order valence-corrected chi connectivity index (χ2v) is 8.72. The lowest BCUT2D eigenvalue weighted by Crippen LogP contribution is -2.76. The molecule has 0 aromatic heterocycles. The first-order valence-corrected chi connectivity index (χ1v) is 9.10. The predicted octanol–water partition coefficient (Wildman–Crippen LogP) is 4.98. The molecule has 6 unspecified atom stereocenters. The zero-order chi connectivity index (χ0) is 16.5. The third-order valence-electron chi connectivity index (χ3n) is 7.94. The molecule has 3 aliphatic rings. The molecular weight excluding hydrogens is 272 g/mol. The molecule has 0 amide bonds. The lowest BCUT2D eigenvalue weighted by Gasteiger charge is -2.74. The maximum Gasteiger partial charge on any atom is 0.141 e. The van der Waals surface area contributed by atoms with E-state index in [9.17, 15) is 4.79 Å². The summed E-state index contributed by atoms with van der Waals surface area (Å²) in [5.41, 5.74) is -0.292. The van der Waals surface area contributed by atoms with E-state index in [1.165, 1.54) is 0 Å². The van der Waals surface area contributed by atoms with Crippen LogP contribution >= 0.6 is 0 Å². The number of ketones is 1. The van der Waals surface area contributed by atoms with Crippen molar-refractivity contribution in [1.29, 1.82) is 0 Å². The summed E-state index contributed by atoms with van der Waals surface area (Å²) >= 11 is 0. The van der Waals surface area contributed by atoms with Crippen molar-refractivity contribution >= 4 is 5.78 Å². The number of Topliss-reactive ketones (excluding diaryl/α,β-unsaturated/α-hetero) is 1. The summed E-state index contributed by atoms with van der Waals surface area (Å²) in [6.45, 7) is 15.6. The molecule has 0 radical (unpaired) electrons. The van der Waals surface area contributed by atoms with Gasteiger partial charge < -0.3 is 4.74 Å². The number of ether oxygens (including phenoxy) is 1. The van der Waals surface area contributed by atoms with Crippen LogP contribution in [0.4, 0.5) is 0 Å². The molecule has 0 spiro atoms. The van der Waals surface area contributed by atoms with E-state index < -0.39 is 0 Å². The number of carbonyl (C=O) groups is 1. The quantitative estimate of drug-likeness (QED) is 0.716. The Balaban J connectivity index is 2.08. The Morgan fingerprint density at radius 2 is 1.95 bits per heavy atom. The zero-order valence-corrected chi connectivity index (χ0v) is 15.3. The maximum atomic E-state index is 12.8. The lowest BCUT2D eigenvalue weighted by molar-refractivity contribution is -0.290. The SMILES string of the molecule is CCC(C)C1(C)CCC2(C(C)C(C)C)OC3=CC1(C(C)=O)C32. The van der Waals surface area contributed by atoms with Gasteiger partial charge in [0, 0.05) is 0 Å². The number of hydrogen-bond acceptors (Lipinski definition) is 2. The minimum absolute atomic E-state index is 0.0751. The highest BCUT2D eigenvalue weighted by Crippen LogP contribution is 2.76. The number of allylic oxidation sites excluding steroid dienone is 1. The Kier molecular flexibility index (Phi) is 3.37. The van der Waals surface area contributed by atoms with Crippen molar-refractivity contribution in [2.24, 2.45) is 34.5 Å². The van der Waals surface area contributed by atoms with Crippen LogP contribution in [0.15, 0.2) is 11.8 Å². The van der Waals surface area contributed by atoms with Crippen molar-refractivity contribution in [3.05, 3.63) is 11.8 Å². The topological polar surface area (TPSA) is 26.3 Å². The molecular formula is C20H32O2. The number of hydrogen-bond donors (Lipinski definition) is 0. The van der Waals surface area contributed by atoms with Gasteiger partial charge in [-0.15, -0.1) is 0 Å². The first kappa shape index (κ1) is 16.1. The van der Waals surface area contributed by atoms with E-state index >= 15 is 0 Å². The zero-order valence-electron chi connectivity index (χ0n) is 15.3. The Morgan fingerprint density at radius 3 is 2.41 bits per heavy atom. The monoisotopic (exact) mass is 304 g/mol. The van der Waals surface area contributed by atoms with Crippen LogP contribution in [-0.2, 0) is 9.53 Å². The van der Waals surface area contributed by atoms with Crippen molar-refractivity contribution in [3.8, 4) is 0 Å². The van der Waals surface area contributed by atoms with E-state index in [2.05, 4.69) is 47.6 Å². The van der Waals surface area contributed by atoms with Gasteiger partial charge in [0.25, 0.3) is 0 Å². The summed E-state index contributed by atoms with van der Waals surface area (Å²) in [6, 6.07) is 0. The molecule has 1 aliphatic heterocycles. The molecule has 2 fully saturated rings. The highest BCUT2D eigenvalue weighted by atomic mass is 16.5. The van der Waals surface area contributed by atoms with Crippen molar-refractivity contribution in [2.45, 2.75) is 73.3 Å². The van der Waals surface area contributed by atoms with Gasteiger partial charge in [0.2, 0.25) is 0 Å². The summed E-state index contributed by atoms with van der Waals surface area (Å²) in [7, 11) is 0. The van der Waals surface area contributed by atoms with E-state index in [1.54, 1.807) is 0 Å². The van der Waals surface area contributed by atoms with Crippen LogP contribution in [-0.4, -0.2) is 11.4 Å². The van der Waals surface area contributed by atoms with Gasteiger partial charge in [-0.05, 0) is 49.0 Å². The first-order valence-electron chi connectivity index (χ1n) is 9.10. The molecule has 1 saturated carbocycles. The van der Waals surface area contributed by atoms with E-state index in [-0.39, 0.29) is 16.4 Å². The Labute approximate surface area is 135 Å². The van der Waals surface area contributed by atoms with Crippen LogP contribution in [0.1, 0.15) is 67.7 Å². The van der Waals surface area contributed by atoms with Crippen molar-refractivity contribution in [3.63, 3.8) is 0 Å². The molecule has 3 rings (SSSR count). The second kappa shape index (κ2) is 4.61. The third-order valence-corrected chi connectivity index (χ3v) is 7.94. The van der Waals surface area contributed by atoms with E-state index in [0.29, 0.717) is 29.5 Å². The fourth-order valence-electron chi connectivity index (χ4n) is 5.77. The molecule has 2 heteroatoms. The van der Waals surface area contributed by atoms with E-state index in [0.717, 1.165) is 25.0 Å². The molecule has 0 aromatic rings. The molecule has 1 heterocycles. The normalized spacial score (nSPS) is 44.9. The average molecular weight is 304 g/mol. The first-order chi connectivity index (χ1) is 10.2. The van der Waals surface area contributed by atoms with Crippen LogP contribution in [0.5, 0.6) is 0 Å². The highest BCUT2D eigenvalue weighted by Gasteiger charge is 2.78. The maximum absolute atomic E-state index is 12.8. The molecule has 0 N–H and O–H groups in total. The van der Waals surface area contributed by atoms with Gasteiger partial charge in [-0.1, -0.05) is 48.0 Å². The fourth-order valence-corrected chi connectivity index (χ4v) is 5.77. The van der Waals surface area contributed by atoms with E-state index in [4.69, 9.17) is 4.74 Å². The number of rotatable bonds is 5. The van der Waals surface area contributed by atoms with Crippen LogP contribution in [0.2, 0.25) is 0 Å². The summed E-state index contributed by atoms with van der Waals surface area (Å²) in [5.74, 6) is 3.43. The van der Waals surface area contributed by atoms with Gasteiger partial charge in [0.15, 0.2) is 0 Å². The highest BCUT2D eigenvalue weighted by molar-refractivity contribution is 5.89.